The molecule has 0 saturated carbocycles. The number of nitrogens with one attached hydrogen (secondary N) is 1. The van der Waals surface area contributed by atoms with Crippen LogP contribution in [0.4, 0.5) is 0 Å². The third kappa shape index (κ3) is 4.23. The Morgan fingerprint density at radius 2 is 2.16 bits per heavy atom. The lowest BCUT2D eigenvalue weighted by Gasteiger charge is -2.18. The van der Waals surface area contributed by atoms with Crippen molar-refractivity contribution in [3.63, 3.8) is 0 Å². The third-order valence-corrected chi connectivity index (χ3v) is 4.31. The zero-order chi connectivity index (χ0) is 14.0. The Kier molecular flexibility index (Phi) is 5.01. The first-order valence-electron chi connectivity index (χ1n) is 5.27. The summed E-state index contributed by atoms with van der Waals surface area (Å²) < 4.78 is 3.98. The second-order valence-corrected chi connectivity index (χ2v) is 7.73. The van der Waals surface area contributed by atoms with Crippen LogP contribution in [0.1, 0.15) is 5.56 Å². The summed E-state index contributed by atoms with van der Waals surface area (Å²) in [6.45, 7) is 0.297. The number of thioether (sulfide) groups is 1. The SMILES string of the molecule is O=C1CSC(COc2ccc(Cl)cc2C(Cl)(Cl)Cl)N1. The summed E-state index contributed by atoms with van der Waals surface area (Å²) in [7, 11) is 0. The summed E-state index contributed by atoms with van der Waals surface area (Å²) in [6.07, 6.45) is 0. The standard InChI is InChI=1S/C11H9Cl4NO2S/c12-6-1-2-8(7(3-6)11(13,14)15)18-4-10-16-9(17)5-19-10/h1-3,10H,4-5H2,(H,16,17). The van der Waals surface area contributed by atoms with Crippen molar-refractivity contribution in [1.29, 1.82) is 0 Å². The van der Waals surface area contributed by atoms with Gasteiger partial charge in [-0.05, 0) is 18.2 Å². The molecule has 8 heteroatoms. The minimum Gasteiger partial charge on any atom is -0.490 e. The summed E-state index contributed by atoms with van der Waals surface area (Å²) >= 11 is 25.0. The molecule has 1 aromatic rings. The summed E-state index contributed by atoms with van der Waals surface area (Å²) in [5.41, 5.74) is 0.374. The predicted molar refractivity (Wildman–Crippen MR) is 80.6 cm³/mol. The molecule has 0 aliphatic carbocycles. The van der Waals surface area contributed by atoms with Crippen LogP contribution in [0.2, 0.25) is 5.02 Å². The van der Waals surface area contributed by atoms with Gasteiger partial charge in [-0.2, -0.15) is 0 Å². The van der Waals surface area contributed by atoms with Crippen molar-refractivity contribution in [2.75, 3.05) is 12.4 Å². The van der Waals surface area contributed by atoms with Crippen LogP contribution in [-0.4, -0.2) is 23.6 Å². The van der Waals surface area contributed by atoms with E-state index in [2.05, 4.69) is 5.32 Å². The number of alkyl halides is 3. The minimum absolute atomic E-state index is 0.00342. The Balaban J connectivity index is 2.09. The molecular weight excluding hydrogens is 352 g/mol. The lowest BCUT2D eigenvalue weighted by molar-refractivity contribution is -0.118. The van der Waals surface area contributed by atoms with Gasteiger partial charge in [0.25, 0.3) is 0 Å². The number of amides is 1. The van der Waals surface area contributed by atoms with Crippen molar-refractivity contribution >= 4 is 64.1 Å². The van der Waals surface area contributed by atoms with E-state index >= 15 is 0 Å². The zero-order valence-corrected chi connectivity index (χ0v) is 13.3. The third-order valence-electron chi connectivity index (χ3n) is 2.37. The topological polar surface area (TPSA) is 38.3 Å². The maximum absolute atomic E-state index is 11.1. The second kappa shape index (κ2) is 6.19. The number of hydrogen-bond donors (Lipinski definition) is 1. The average molecular weight is 361 g/mol. The molecule has 0 radical (unpaired) electrons. The van der Waals surface area contributed by atoms with E-state index < -0.39 is 3.79 Å². The van der Waals surface area contributed by atoms with Crippen LogP contribution in [0.5, 0.6) is 5.75 Å². The molecule has 1 fully saturated rings. The van der Waals surface area contributed by atoms with Gasteiger partial charge < -0.3 is 10.1 Å². The summed E-state index contributed by atoms with van der Waals surface area (Å²) in [4.78, 5) is 11.1. The fraction of sp³-hybridized carbons (Fsp3) is 0.364. The number of ether oxygens (including phenoxy) is 1. The zero-order valence-electron chi connectivity index (χ0n) is 9.46. The molecule has 0 spiro atoms. The molecule has 19 heavy (non-hydrogen) atoms. The highest BCUT2D eigenvalue weighted by Gasteiger charge is 2.28. The fourth-order valence-electron chi connectivity index (χ4n) is 1.54. The van der Waals surface area contributed by atoms with Crippen molar-refractivity contribution in [3.8, 4) is 5.75 Å². The van der Waals surface area contributed by atoms with E-state index in [-0.39, 0.29) is 11.3 Å². The van der Waals surface area contributed by atoms with E-state index in [1.165, 1.54) is 11.8 Å². The molecule has 1 aliphatic rings. The van der Waals surface area contributed by atoms with Crippen LogP contribution in [0, 0.1) is 0 Å². The Morgan fingerprint density at radius 3 is 2.74 bits per heavy atom. The van der Waals surface area contributed by atoms with Crippen LogP contribution in [0.25, 0.3) is 0 Å². The first-order chi connectivity index (χ1) is 8.86. The van der Waals surface area contributed by atoms with Gasteiger partial charge >= 0.3 is 0 Å². The molecule has 1 amide bonds. The molecule has 0 bridgehead atoms. The van der Waals surface area contributed by atoms with Crippen LogP contribution < -0.4 is 10.1 Å². The number of halogens is 4. The summed E-state index contributed by atoms with van der Waals surface area (Å²) in [5, 5.41) is 3.13. The molecule has 1 N–H and O–H groups in total. The van der Waals surface area contributed by atoms with Gasteiger partial charge in [0.15, 0.2) is 0 Å². The quantitative estimate of drug-likeness (QED) is 0.834. The normalized spacial score (nSPS) is 19.4. The van der Waals surface area contributed by atoms with E-state index in [0.29, 0.717) is 28.7 Å². The Morgan fingerprint density at radius 1 is 1.42 bits per heavy atom. The number of benzene rings is 1. The van der Waals surface area contributed by atoms with Gasteiger partial charge in [-0.15, -0.1) is 11.8 Å². The van der Waals surface area contributed by atoms with Gasteiger partial charge in [-0.1, -0.05) is 46.4 Å². The monoisotopic (exact) mass is 359 g/mol. The highest BCUT2D eigenvalue weighted by molar-refractivity contribution is 8.01. The van der Waals surface area contributed by atoms with Crippen molar-refractivity contribution in [2.24, 2.45) is 0 Å². The largest absolute Gasteiger partial charge is 0.490 e. The molecule has 3 nitrogen and oxygen atoms in total. The van der Waals surface area contributed by atoms with Crippen molar-refractivity contribution in [3.05, 3.63) is 28.8 Å². The first kappa shape index (κ1) is 15.4. The highest BCUT2D eigenvalue weighted by Crippen LogP contribution is 2.44. The van der Waals surface area contributed by atoms with E-state index in [9.17, 15) is 4.79 Å². The van der Waals surface area contributed by atoms with Gasteiger partial charge in [0, 0.05) is 10.6 Å². The molecule has 0 aromatic heterocycles. The number of carbonyl (C=O) groups is 1. The van der Waals surface area contributed by atoms with E-state index in [4.69, 9.17) is 51.1 Å². The Bertz CT molecular complexity index is 492. The predicted octanol–water partition coefficient (Wildman–Crippen LogP) is 3.73. The molecule has 1 saturated heterocycles. The van der Waals surface area contributed by atoms with E-state index in [0.717, 1.165) is 0 Å². The molecule has 1 heterocycles. The lowest BCUT2D eigenvalue weighted by atomic mass is 10.2. The van der Waals surface area contributed by atoms with Gasteiger partial charge in [-0.3, -0.25) is 4.79 Å². The summed E-state index contributed by atoms with van der Waals surface area (Å²) in [5.74, 6) is 0.869. The highest BCUT2D eigenvalue weighted by atomic mass is 35.6. The molecular formula is C11H9Cl4NO2S. The van der Waals surface area contributed by atoms with E-state index in [1.807, 2.05) is 0 Å². The number of carbonyl (C=O) groups excluding carboxylic acids is 1. The maximum atomic E-state index is 11.1. The lowest BCUT2D eigenvalue weighted by Crippen LogP contribution is -2.30. The number of rotatable bonds is 3. The molecule has 1 aliphatic heterocycles. The second-order valence-electron chi connectivity index (χ2n) is 3.82. The average Bonchev–Trinajstić information content (AvgIpc) is 2.72. The van der Waals surface area contributed by atoms with Gasteiger partial charge in [0.1, 0.15) is 17.7 Å². The molecule has 104 valence electrons. The van der Waals surface area contributed by atoms with Crippen LogP contribution in [0.3, 0.4) is 0 Å². The van der Waals surface area contributed by atoms with Gasteiger partial charge in [0.05, 0.1) is 5.75 Å². The van der Waals surface area contributed by atoms with Crippen molar-refractivity contribution in [1.82, 2.24) is 5.32 Å². The summed E-state index contributed by atoms with van der Waals surface area (Å²) in [6, 6.07) is 4.84. The molecule has 1 aromatic carbocycles. The fourth-order valence-corrected chi connectivity index (χ4v) is 2.97. The van der Waals surface area contributed by atoms with Gasteiger partial charge in [-0.25, -0.2) is 0 Å². The van der Waals surface area contributed by atoms with Gasteiger partial charge in [0.2, 0.25) is 9.70 Å². The van der Waals surface area contributed by atoms with Crippen LogP contribution >= 0.6 is 58.2 Å². The van der Waals surface area contributed by atoms with Crippen LogP contribution in [0.15, 0.2) is 18.2 Å². The Hall–Kier alpha value is -0.000000000000000111. The van der Waals surface area contributed by atoms with Crippen molar-refractivity contribution in [2.45, 2.75) is 9.17 Å². The number of hydrogen-bond acceptors (Lipinski definition) is 3. The van der Waals surface area contributed by atoms with Crippen molar-refractivity contribution < 1.29 is 9.53 Å². The molecule has 1 unspecified atom stereocenters. The first-order valence-corrected chi connectivity index (χ1v) is 7.83. The minimum atomic E-state index is -1.62. The molecule has 1 atom stereocenters. The van der Waals surface area contributed by atoms with E-state index in [1.54, 1.807) is 18.2 Å². The van der Waals surface area contributed by atoms with Crippen LogP contribution in [-0.2, 0) is 8.59 Å². The molecule has 2 rings (SSSR count). The smallest absolute Gasteiger partial charge is 0.231 e. The Labute approximate surface area is 134 Å². The maximum Gasteiger partial charge on any atom is 0.231 e.